The van der Waals surface area contributed by atoms with Crippen LogP contribution in [0.3, 0.4) is 0 Å². The fourth-order valence-electron chi connectivity index (χ4n) is 4.51. The van der Waals surface area contributed by atoms with Gasteiger partial charge in [-0.1, -0.05) is 27.7 Å². The van der Waals surface area contributed by atoms with Gasteiger partial charge in [0, 0.05) is 43.4 Å². The summed E-state index contributed by atoms with van der Waals surface area (Å²) < 4.78 is 0. The molecule has 1 amide bonds. The number of rotatable bonds is 5. The second-order valence-electron chi connectivity index (χ2n) is 8.86. The lowest BCUT2D eigenvalue weighted by Gasteiger charge is -2.36. The Hall–Kier alpha value is -1.69. The zero-order valence-corrected chi connectivity index (χ0v) is 19.1. The van der Waals surface area contributed by atoms with E-state index in [-0.39, 0.29) is 0 Å². The fraction of sp³-hybridized carbons (Fsp3) is 0.696. The van der Waals surface area contributed by atoms with Crippen LogP contribution in [0.15, 0.2) is 0 Å². The Morgan fingerprint density at radius 2 is 1.97 bits per heavy atom. The van der Waals surface area contributed by atoms with Crippen molar-refractivity contribution in [1.82, 2.24) is 14.9 Å². The summed E-state index contributed by atoms with van der Waals surface area (Å²) in [5.74, 6) is 3.52. The molecule has 4 rings (SSSR count). The van der Waals surface area contributed by atoms with E-state index in [1.54, 1.807) is 0 Å². The lowest BCUT2D eigenvalue weighted by atomic mass is 9.89. The molecular formula is C23H34N4OS. The van der Waals surface area contributed by atoms with E-state index in [2.05, 4.69) is 32.6 Å². The number of piperazine rings is 1. The Labute approximate surface area is 178 Å². The number of hydrogen-bond acceptors (Lipinski definition) is 5. The summed E-state index contributed by atoms with van der Waals surface area (Å²) in [6, 6.07) is 0. The van der Waals surface area contributed by atoms with E-state index in [0.717, 1.165) is 63.0 Å². The first-order chi connectivity index (χ1) is 14.0. The van der Waals surface area contributed by atoms with Gasteiger partial charge in [-0.3, -0.25) is 4.79 Å². The van der Waals surface area contributed by atoms with Gasteiger partial charge in [0.1, 0.15) is 16.5 Å². The van der Waals surface area contributed by atoms with Gasteiger partial charge in [-0.15, -0.1) is 11.3 Å². The van der Waals surface area contributed by atoms with Crippen molar-refractivity contribution in [2.75, 3.05) is 31.1 Å². The van der Waals surface area contributed by atoms with Crippen molar-refractivity contribution in [3.63, 3.8) is 0 Å². The highest BCUT2D eigenvalue weighted by molar-refractivity contribution is 7.19. The van der Waals surface area contributed by atoms with Crippen LogP contribution in [0.2, 0.25) is 0 Å². The zero-order valence-electron chi connectivity index (χ0n) is 18.3. The first kappa shape index (κ1) is 20.6. The molecule has 2 aromatic rings. The van der Waals surface area contributed by atoms with E-state index in [1.165, 1.54) is 33.5 Å². The highest BCUT2D eigenvalue weighted by Crippen LogP contribution is 2.41. The van der Waals surface area contributed by atoms with Crippen molar-refractivity contribution >= 4 is 33.3 Å². The summed E-state index contributed by atoms with van der Waals surface area (Å²) >= 11 is 1.89. The van der Waals surface area contributed by atoms with Gasteiger partial charge in [-0.25, -0.2) is 9.97 Å². The Morgan fingerprint density at radius 1 is 1.21 bits per heavy atom. The summed E-state index contributed by atoms with van der Waals surface area (Å²) in [6.07, 6.45) is 6.20. The monoisotopic (exact) mass is 414 g/mol. The first-order valence-electron chi connectivity index (χ1n) is 11.4. The van der Waals surface area contributed by atoms with Crippen molar-refractivity contribution in [1.29, 1.82) is 0 Å². The maximum absolute atomic E-state index is 12.3. The minimum atomic E-state index is 0.294. The van der Waals surface area contributed by atoms with E-state index >= 15 is 0 Å². The molecule has 0 radical (unpaired) electrons. The number of aryl methyl sites for hydroxylation is 1. The van der Waals surface area contributed by atoms with Gasteiger partial charge in [-0.2, -0.15) is 0 Å². The molecule has 158 valence electrons. The number of anilines is 1. The third-order valence-electron chi connectivity index (χ3n) is 6.60. The van der Waals surface area contributed by atoms with Crippen LogP contribution in [-0.2, 0) is 17.6 Å². The lowest BCUT2D eigenvalue weighted by molar-refractivity contribution is -0.131. The van der Waals surface area contributed by atoms with E-state index in [9.17, 15) is 4.79 Å². The third-order valence-corrected chi connectivity index (χ3v) is 7.75. The lowest BCUT2D eigenvalue weighted by Crippen LogP contribution is -2.49. The van der Waals surface area contributed by atoms with E-state index in [0.29, 0.717) is 18.2 Å². The molecule has 1 aliphatic carbocycles. The minimum absolute atomic E-state index is 0.294. The molecule has 2 aromatic heterocycles. The molecule has 0 bridgehead atoms. The second-order valence-corrected chi connectivity index (χ2v) is 9.95. The maximum Gasteiger partial charge on any atom is 0.222 e. The van der Waals surface area contributed by atoms with Gasteiger partial charge < -0.3 is 9.80 Å². The fourth-order valence-corrected chi connectivity index (χ4v) is 5.89. The Balaban J connectivity index is 1.70. The molecule has 0 saturated carbocycles. The van der Waals surface area contributed by atoms with Crippen molar-refractivity contribution in [2.45, 2.75) is 72.1 Å². The average molecular weight is 415 g/mol. The van der Waals surface area contributed by atoms with Crippen LogP contribution in [-0.4, -0.2) is 47.0 Å². The van der Waals surface area contributed by atoms with E-state index in [4.69, 9.17) is 9.97 Å². The SMILES string of the molecule is CCCC(=O)N1CCN(c2nc([C@H](C)CC)nc3sc4c(c23)CC[C@@H](C)C4)CC1. The quantitative estimate of drug-likeness (QED) is 0.707. The number of nitrogens with zero attached hydrogens (tertiary/aromatic N) is 4. The van der Waals surface area contributed by atoms with Gasteiger partial charge >= 0.3 is 0 Å². The molecule has 2 aliphatic rings. The number of thiophene rings is 1. The Kier molecular flexibility index (Phi) is 6.09. The molecule has 1 fully saturated rings. The van der Waals surface area contributed by atoms with Gasteiger partial charge in [0.05, 0.1) is 5.39 Å². The van der Waals surface area contributed by atoms with Gasteiger partial charge in [0.15, 0.2) is 0 Å². The van der Waals surface area contributed by atoms with Gasteiger partial charge in [0.25, 0.3) is 0 Å². The minimum Gasteiger partial charge on any atom is -0.352 e. The normalized spacial score (nSPS) is 20.8. The standard InChI is InChI=1S/C23H34N4OS/c1-5-7-19(28)26-10-12-27(13-11-26)22-20-17-9-8-15(3)14-18(17)29-23(20)25-21(24-22)16(4)6-2/h15-16H,5-14H2,1-4H3/t15-,16-/m1/s1. The van der Waals surface area contributed by atoms with Gasteiger partial charge in [-0.05, 0) is 43.6 Å². The molecule has 0 aromatic carbocycles. The van der Waals surface area contributed by atoms with Crippen molar-refractivity contribution in [2.24, 2.45) is 5.92 Å². The Morgan fingerprint density at radius 3 is 2.66 bits per heavy atom. The van der Waals surface area contributed by atoms with Crippen molar-refractivity contribution in [3.05, 3.63) is 16.3 Å². The smallest absolute Gasteiger partial charge is 0.222 e. The Bertz CT molecular complexity index is 885. The molecule has 0 unspecified atom stereocenters. The van der Waals surface area contributed by atoms with Crippen LogP contribution < -0.4 is 4.90 Å². The first-order valence-corrected chi connectivity index (χ1v) is 12.2. The zero-order chi connectivity index (χ0) is 20.5. The predicted molar refractivity (Wildman–Crippen MR) is 121 cm³/mol. The molecule has 1 aliphatic heterocycles. The van der Waals surface area contributed by atoms with Crippen LogP contribution in [0.5, 0.6) is 0 Å². The molecule has 5 nitrogen and oxygen atoms in total. The number of hydrogen-bond donors (Lipinski definition) is 0. The summed E-state index contributed by atoms with van der Waals surface area (Å²) in [4.78, 5) is 29.6. The average Bonchev–Trinajstić information content (AvgIpc) is 3.10. The van der Waals surface area contributed by atoms with Gasteiger partial charge in [0.2, 0.25) is 5.91 Å². The van der Waals surface area contributed by atoms with Crippen LogP contribution in [0.1, 0.15) is 75.6 Å². The second kappa shape index (κ2) is 8.58. The van der Waals surface area contributed by atoms with Crippen LogP contribution in [0.4, 0.5) is 5.82 Å². The number of aromatic nitrogens is 2. The molecule has 3 heterocycles. The topological polar surface area (TPSA) is 49.3 Å². The molecule has 1 saturated heterocycles. The summed E-state index contributed by atoms with van der Waals surface area (Å²) in [7, 11) is 0. The highest BCUT2D eigenvalue weighted by atomic mass is 32.1. The number of carbonyl (C=O) groups excluding carboxylic acids is 1. The van der Waals surface area contributed by atoms with Crippen LogP contribution in [0.25, 0.3) is 10.2 Å². The van der Waals surface area contributed by atoms with E-state index in [1.807, 2.05) is 16.2 Å². The number of amides is 1. The third kappa shape index (κ3) is 4.00. The molecule has 0 N–H and O–H groups in total. The molecule has 0 spiro atoms. The molecule has 29 heavy (non-hydrogen) atoms. The van der Waals surface area contributed by atoms with Crippen LogP contribution >= 0.6 is 11.3 Å². The molecule has 6 heteroatoms. The maximum atomic E-state index is 12.3. The molecular weight excluding hydrogens is 380 g/mol. The number of fused-ring (bicyclic) bond motifs is 3. The summed E-state index contributed by atoms with van der Waals surface area (Å²) in [5.41, 5.74) is 1.50. The van der Waals surface area contributed by atoms with E-state index < -0.39 is 0 Å². The van der Waals surface area contributed by atoms with Crippen molar-refractivity contribution < 1.29 is 4.79 Å². The molecule has 2 atom stereocenters. The van der Waals surface area contributed by atoms with Crippen molar-refractivity contribution in [3.8, 4) is 0 Å². The predicted octanol–water partition coefficient (Wildman–Crippen LogP) is 4.78. The summed E-state index contributed by atoms with van der Waals surface area (Å²) in [5, 5.41) is 1.30. The number of carbonyl (C=O) groups is 1. The largest absolute Gasteiger partial charge is 0.352 e. The summed E-state index contributed by atoms with van der Waals surface area (Å²) in [6.45, 7) is 12.2. The van der Waals surface area contributed by atoms with Crippen LogP contribution in [0, 0.1) is 5.92 Å². The highest BCUT2D eigenvalue weighted by Gasteiger charge is 2.28.